The van der Waals surface area contributed by atoms with Crippen molar-refractivity contribution in [1.29, 1.82) is 0 Å². The van der Waals surface area contributed by atoms with Gasteiger partial charge in [-0.1, -0.05) is 35.7 Å². The molecular formula is C15H23NO. The maximum absolute atomic E-state index is 10.8. The van der Waals surface area contributed by atoms with Crippen LogP contribution >= 0.6 is 0 Å². The normalized spacial score (nSPS) is 24.4. The number of aryl methyl sites for hydroxylation is 2. The van der Waals surface area contributed by atoms with Gasteiger partial charge in [0.05, 0.1) is 0 Å². The van der Waals surface area contributed by atoms with Crippen molar-refractivity contribution < 1.29 is 5.11 Å². The molecule has 0 aliphatic carbocycles. The summed E-state index contributed by atoms with van der Waals surface area (Å²) in [6.07, 6.45) is 3.48. The van der Waals surface area contributed by atoms with Crippen LogP contribution in [0.3, 0.4) is 0 Å². The molecule has 2 N–H and O–H groups in total. The average Bonchev–Trinajstić information content (AvgIpc) is 2.29. The van der Waals surface area contributed by atoms with E-state index in [1.54, 1.807) is 0 Å². The molecule has 0 amide bonds. The summed E-state index contributed by atoms with van der Waals surface area (Å²) in [5.41, 5.74) is 2.71. The van der Waals surface area contributed by atoms with Gasteiger partial charge in [0.1, 0.15) is 5.60 Å². The molecule has 0 spiro atoms. The van der Waals surface area contributed by atoms with Crippen molar-refractivity contribution in [1.82, 2.24) is 5.32 Å². The highest BCUT2D eigenvalue weighted by Crippen LogP contribution is 2.30. The van der Waals surface area contributed by atoms with E-state index >= 15 is 0 Å². The highest BCUT2D eigenvalue weighted by atomic mass is 16.3. The van der Waals surface area contributed by atoms with Crippen molar-refractivity contribution in [3.8, 4) is 0 Å². The zero-order chi connectivity index (χ0) is 12.5. The lowest BCUT2D eigenvalue weighted by Gasteiger charge is -2.37. The molecule has 1 aromatic rings. The number of hydrogen-bond donors (Lipinski definition) is 2. The van der Waals surface area contributed by atoms with Gasteiger partial charge in [-0.05, 0) is 45.7 Å². The number of rotatable bonds is 2. The molecule has 2 atom stereocenters. The van der Waals surface area contributed by atoms with E-state index < -0.39 is 5.60 Å². The van der Waals surface area contributed by atoms with E-state index in [0.717, 1.165) is 18.5 Å². The molecule has 0 bridgehead atoms. The van der Waals surface area contributed by atoms with Gasteiger partial charge < -0.3 is 10.4 Å². The summed E-state index contributed by atoms with van der Waals surface area (Å²) in [4.78, 5) is 0. The Balaban J connectivity index is 2.29. The van der Waals surface area contributed by atoms with Gasteiger partial charge in [-0.2, -0.15) is 0 Å². The monoisotopic (exact) mass is 233 g/mol. The van der Waals surface area contributed by atoms with Crippen LogP contribution in [0.5, 0.6) is 0 Å². The molecule has 1 fully saturated rings. The summed E-state index contributed by atoms with van der Waals surface area (Å²) in [6.45, 7) is 7.12. The molecule has 1 aliphatic rings. The minimum Gasteiger partial charge on any atom is -0.384 e. The highest BCUT2D eigenvalue weighted by molar-refractivity contribution is 5.33. The standard InChI is InChI=1S/C15H23NO/c1-11-8-12(2)10-13(9-11)15(3,17)14-6-4-5-7-16-14/h8-10,14,16-17H,4-7H2,1-3H3. The minimum atomic E-state index is -0.767. The van der Waals surface area contributed by atoms with E-state index in [4.69, 9.17) is 0 Å². The van der Waals surface area contributed by atoms with Gasteiger partial charge in [0.25, 0.3) is 0 Å². The van der Waals surface area contributed by atoms with Crippen LogP contribution in [0.15, 0.2) is 18.2 Å². The van der Waals surface area contributed by atoms with Crippen LogP contribution in [0.2, 0.25) is 0 Å². The predicted octanol–water partition coefficient (Wildman–Crippen LogP) is 2.65. The highest BCUT2D eigenvalue weighted by Gasteiger charge is 2.34. The number of benzene rings is 1. The number of piperidine rings is 1. The third-order valence-corrected chi connectivity index (χ3v) is 3.79. The second kappa shape index (κ2) is 4.79. The number of hydrogen-bond acceptors (Lipinski definition) is 2. The maximum Gasteiger partial charge on any atom is 0.102 e. The van der Waals surface area contributed by atoms with E-state index in [-0.39, 0.29) is 6.04 Å². The second-order valence-corrected chi connectivity index (χ2v) is 5.53. The zero-order valence-corrected chi connectivity index (χ0v) is 11.1. The molecule has 2 nitrogen and oxygen atoms in total. The topological polar surface area (TPSA) is 32.3 Å². The van der Waals surface area contributed by atoms with E-state index in [0.29, 0.717) is 0 Å². The van der Waals surface area contributed by atoms with Crippen LogP contribution in [-0.4, -0.2) is 17.7 Å². The van der Waals surface area contributed by atoms with Crippen molar-refractivity contribution in [2.45, 2.75) is 51.7 Å². The van der Waals surface area contributed by atoms with E-state index in [2.05, 4.69) is 37.4 Å². The van der Waals surface area contributed by atoms with Crippen molar-refractivity contribution >= 4 is 0 Å². The lowest BCUT2D eigenvalue weighted by Crippen LogP contribution is -2.49. The fourth-order valence-electron chi connectivity index (χ4n) is 2.80. The molecule has 1 aliphatic heterocycles. The zero-order valence-electron chi connectivity index (χ0n) is 11.1. The lowest BCUT2D eigenvalue weighted by atomic mass is 9.82. The van der Waals surface area contributed by atoms with Crippen LogP contribution in [0.25, 0.3) is 0 Å². The number of nitrogens with one attached hydrogen (secondary N) is 1. The molecule has 2 rings (SSSR count). The average molecular weight is 233 g/mol. The number of aliphatic hydroxyl groups is 1. The van der Waals surface area contributed by atoms with Crippen LogP contribution in [-0.2, 0) is 5.60 Å². The fraction of sp³-hybridized carbons (Fsp3) is 0.600. The molecular weight excluding hydrogens is 210 g/mol. The van der Waals surface area contributed by atoms with Crippen LogP contribution in [0, 0.1) is 13.8 Å². The fourth-order valence-corrected chi connectivity index (χ4v) is 2.80. The van der Waals surface area contributed by atoms with Gasteiger partial charge in [0, 0.05) is 6.04 Å². The van der Waals surface area contributed by atoms with Crippen molar-refractivity contribution in [2.75, 3.05) is 6.54 Å². The van der Waals surface area contributed by atoms with Crippen molar-refractivity contribution in [2.24, 2.45) is 0 Å². The van der Waals surface area contributed by atoms with Gasteiger partial charge in [-0.3, -0.25) is 0 Å². The summed E-state index contributed by atoms with van der Waals surface area (Å²) in [6, 6.07) is 6.53. The molecule has 2 heteroatoms. The Kier molecular flexibility index (Phi) is 3.55. The van der Waals surface area contributed by atoms with Crippen molar-refractivity contribution in [3.63, 3.8) is 0 Å². The summed E-state index contributed by atoms with van der Waals surface area (Å²) in [7, 11) is 0. The summed E-state index contributed by atoms with van der Waals surface area (Å²) in [5.74, 6) is 0. The molecule has 1 aromatic carbocycles. The van der Waals surface area contributed by atoms with Crippen LogP contribution in [0.4, 0.5) is 0 Å². The Morgan fingerprint density at radius 1 is 1.18 bits per heavy atom. The van der Waals surface area contributed by atoms with Gasteiger partial charge in [0.2, 0.25) is 0 Å². The molecule has 1 heterocycles. The van der Waals surface area contributed by atoms with E-state index in [1.807, 2.05) is 6.92 Å². The Morgan fingerprint density at radius 2 is 1.82 bits per heavy atom. The van der Waals surface area contributed by atoms with Crippen LogP contribution in [0.1, 0.15) is 42.9 Å². The van der Waals surface area contributed by atoms with Gasteiger partial charge in [-0.25, -0.2) is 0 Å². The Bertz CT molecular complexity index is 372. The first-order valence-electron chi connectivity index (χ1n) is 6.54. The van der Waals surface area contributed by atoms with Gasteiger partial charge in [-0.15, -0.1) is 0 Å². The molecule has 1 saturated heterocycles. The SMILES string of the molecule is Cc1cc(C)cc(C(C)(O)C2CCCCN2)c1. The minimum absolute atomic E-state index is 0.178. The molecule has 0 saturated carbocycles. The summed E-state index contributed by atoms with van der Waals surface area (Å²) < 4.78 is 0. The van der Waals surface area contributed by atoms with E-state index in [9.17, 15) is 5.11 Å². The molecule has 94 valence electrons. The maximum atomic E-state index is 10.8. The third kappa shape index (κ3) is 2.70. The Hall–Kier alpha value is -0.860. The summed E-state index contributed by atoms with van der Waals surface area (Å²) in [5, 5.41) is 14.2. The van der Waals surface area contributed by atoms with Gasteiger partial charge >= 0.3 is 0 Å². The van der Waals surface area contributed by atoms with Gasteiger partial charge in [0.15, 0.2) is 0 Å². The smallest absolute Gasteiger partial charge is 0.102 e. The lowest BCUT2D eigenvalue weighted by molar-refractivity contribution is 0.00558. The Morgan fingerprint density at radius 3 is 2.35 bits per heavy atom. The third-order valence-electron chi connectivity index (χ3n) is 3.79. The predicted molar refractivity (Wildman–Crippen MR) is 71.1 cm³/mol. The van der Waals surface area contributed by atoms with Crippen molar-refractivity contribution in [3.05, 3.63) is 34.9 Å². The first-order chi connectivity index (χ1) is 8.00. The largest absolute Gasteiger partial charge is 0.384 e. The first-order valence-corrected chi connectivity index (χ1v) is 6.54. The molecule has 0 radical (unpaired) electrons. The van der Waals surface area contributed by atoms with E-state index in [1.165, 1.54) is 24.0 Å². The quantitative estimate of drug-likeness (QED) is 0.823. The second-order valence-electron chi connectivity index (χ2n) is 5.53. The molecule has 2 unspecified atom stereocenters. The molecule has 0 aromatic heterocycles. The molecule has 17 heavy (non-hydrogen) atoms. The summed E-state index contributed by atoms with van der Waals surface area (Å²) >= 11 is 0. The van der Waals surface area contributed by atoms with Crippen LogP contribution < -0.4 is 5.32 Å². The first kappa shape index (κ1) is 12.6. The Labute approximate surface area is 104 Å².